The van der Waals surface area contributed by atoms with Gasteiger partial charge in [-0.2, -0.15) is 0 Å². The smallest absolute Gasteiger partial charge is 0.123 e. The fourth-order valence-corrected chi connectivity index (χ4v) is 4.26. The molecule has 142 valence electrons. The molecule has 1 unspecified atom stereocenters. The van der Waals surface area contributed by atoms with Crippen LogP contribution in [0.5, 0.6) is 0 Å². The molecule has 0 aliphatic carbocycles. The summed E-state index contributed by atoms with van der Waals surface area (Å²) in [5.74, 6) is 0.0105. The van der Waals surface area contributed by atoms with E-state index in [1.54, 1.807) is 12.1 Å². The second-order valence-electron chi connectivity index (χ2n) is 7.64. The van der Waals surface area contributed by atoms with Gasteiger partial charge in [-0.15, -0.1) is 0 Å². The second kappa shape index (κ2) is 8.24. The van der Waals surface area contributed by atoms with E-state index in [0.29, 0.717) is 0 Å². The topological polar surface area (TPSA) is 39.3 Å². The molecule has 0 amide bonds. The molecular weight excluding hydrogens is 339 g/mol. The third-order valence-corrected chi connectivity index (χ3v) is 5.89. The highest BCUT2D eigenvalue weighted by molar-refractivity contribution is 5.82. The number of aromatic nitrogens is 1. The van der Waals surface area contributed by atoms with E-state index in [9.17, 15) is 9.50 Å². The van der Waals surface area contributed by atoms with E-state index in [1.165, 1.54) is 28.6 Å². The van der Waals surface area contributed by atoms with Gasteiger partial charge < -0.3 is 15.0 Å². The lowest BCUT2D eigenvalue weighted by atomic mass is 9.87. The molecule has 1 saturated heterocycles. The van der Waals surface area contributed by atoms with Crippen LogP contribution in [-0.4, -0.2) is 34.6 Å². The number of fused-ring (bicyclic) bond motifs is 1. The molecule has 0 radical (unpaired) electrons. The molecule has 0 spiro atoms. The summed E-state index contributed by atoms with van der Waals surface area (Å²) in [5, 5.41) is 11.9. The van der Waals surface area contributed by atoms with Crippen LogP contribution in [-0.2, 0) is 6.42 Å². The molecule has 2 aromatic carbocycles. The van der Waals surface area contributed by atoms with Gasteiger partial charge in [0.25, 0.3) is 0 Å². The molecule has 1 aliphatic rings. The Morgan fingerprint density at radius 1 is 1.07 bits per heavy atom. The molecule has 2 heterocycles. The highest BCUT2D eigenvalue weighted by Crippen LogP contribution is 2.31. The Kier molecular flexibility index (Phi) is 5.55. The molecule has 1 aliphatic heterocycles. The molecule has 0 bridgehead atoms. The van der Waals surface area contributed by atoms with Crippen molar-refractivity contribution in [3.05, 3.63) is 71.7 Å². The zero-order valence-electron chi connectivity index (χ0n) is 15.6. The van der Waals surface area contributed by atoms with Gasteiger partial charge >= 0.3 is 0 Å². The van der Waals surface area contributed by atoms with Crippen molar-refractivity contribution < 1.29 is 9.50 Å². The van der Waals surface area contributed by atoms with Crippen molar-refractivity contribution >= 4 is 10.9 Å². The molecule has 1 fully saturated rings. The first-order valence-corrected chi connectivity index (χ1v) is 9.91. The fraction of sp³-hybridized carbons (Fsp3) is 0.391. The first-order valence-electron chi connectivity index (χ1n) is 9.91. The molecule has 3 aromatic rings. The lowest BCUT2D eigenvalue weighted by Gasteiger charge is -2.34. The number of likely N-dealkylation sites (tertiary alicyclic amines) is 1. The van der Waals surface area contributed by atoms with Crippen LogP contribution in [0.3, 0.4) is 0 Å². The summed E-state index contributed by atoms with van der Waals surface area (Å²) in [4.78, 5) is 5.85. The first kappa shape index (κ1) is 18.2. The zero-order chi connectivity index (χ0) is 18.6. The summed E-state index contributed by atoms with van der Waals surface area (Å²) in [6, 6.07) is 14.7. The average molecular weight is 366 g/mol. The van der Waals surface area contributed by atoms with Crippen LogP contribution < -0.4 is 0 Å². The highest BCUT2D eigenvalue weighted by Gasteiger charge is 2.26. The van der Waals surface area contributed by atoms with Gasteiger partial charge in [-0.05, 0) is 80.6 Å². The summed E-state index contributed by atoms with van der Waals surface area (Å²) in [6.45, 7) is 3.15. The Morgan fingerprint density at radius 2 is 1.81 bits per heavy atom. The van der Waals surface area contributed by atoms with E-state index in [-0.39, 0.29) is 11.7 Å². The summed E-state index contributed by atoms with van der Waals surface area (Å²) < 4.78 is 13.1. The number of hydrogen-bond acceptors (Lipinski definition) is 2. The van der Waals surface area contributed by atoms with Crippen LogP contribution in [0, 0.1) is 11.7 Å². The fourth-order valence-electron chi connectivity index (χ4n) is 4.26. The third-order valence-electron chi connectivity index (χ3n) is 5.89. The van der Waals surface area contributed by atoms with Gasteiger partial charge in [-0.3, -0.25) is 0 Å². The zero-order valence-corrected chi connectivity index (χ0v) is 15.6. The number of nitrogens with zero attached hydrogens (tertiary/aromatic N) is 1. The van der Waals surface area contributed by atoms with Crippen molar-refractivity contribution in [3.8, 4) is 0 Å². The van der Waals surface area contributed by atoms with Gasteiger partial charge in [-0.1, -0.05) is 30.3 Å². The maximum atomic E-state index is 13.1. The van der Waals surface area contributed by atoms with Crippen molar-refractivity contribution in [1.82, 2.24) is 9.88 Å². The minimum absolute atomic E-state index is 0.254. The number of aromatic amines is 1. The lowest BCUT2D eigenvalue weighted by Crippen LogP contribution is -2.36. The second-order valence-corrected chi connectivity index (χ2v) is 7.64. The number of H-pyrrole nitrogens is 1. The number of aliphatic hydroxyl groups excluding tert-OH is 1. The average Bonchev–Trinajstić information content (AvgIpc) is 3.12. The molecule has 3 nitrogen and oxygen atoms in total. The number of aliphatic hydroxyl groups is 1. The van der Waals surface area contributed by atoms with Crippen molar-refractivity contribution in [2.45, 2.75) is 31.8 Å². The minimum Gasteiger partial charge on any atom is -0.388 e. The molecule has 4 heteroatoms. The maximum Gasteiger partial charge on any atom is 0.123 e. The van der Waals surface area contributed by atoms with Crippen LogP contribution in [0.25, 0.3) is 10.9 Å². The lowest BCUT2D eigenvalue weighted by molar-refractivity contribution is 0.0586. The molecule has 0 saturated carbocycles. The van der Waals surface area contributed by atoms with Crippen molar-refractivity contribution in [2.75, 3.05) is 19.6 Å². The van der Waals surface area contributed by atoms with E-state index in [1.807, 2.05) is 0 Å². The molecule has 4 rings (SSSR count). The number of hydrogen-bond donors (Lipinski definition) is 2. The van der Waals surface area contributed by atoms with Gasteiger partial charge in [-0.25, -0.2) is 4.39 Å². The SMILES string of the molecule is OC(c1ccc(F)cc1)C1CCN(CCCc2c[nH]c3ccccc23)CC1. The van der Waals surface area contributed by atoms with E-state index in [2.05, 4.69) is 40.3 Å². The van der Waals surface area contributed by atoms with Crippen molar-refractivity contribution in [2.24, 2.45) is 5.92 Å². The Labute approximate surface area is 159 Å². The van der Waals surface area contributed by atoms with E-state index in [0.717, 1.165) is 50.9 Å². The van der Waals surface area contributed by atoms with E-state index in [4.69, 9.17) is 0 Å². The van der Waals surface area contributed by atoms with Gasteiger partial charge in [0.05, 0.1) is 6.10 Å². The minimum atomic E-state index is -0.487. The number of aryl methyl sites for hydroxylation is 1. The maximum absolute atomic E-state index is 13.1. The summed E-state index contributed by atoms with van der Waals surface area (Å²) >= 11 is 0. The summed E-state index contributed by atoms with van der Waals surface area (Å²) in [6.07, 6.45) is 5.86. The third kappa shape index (κ3) is 4.23. The van der Waals surface area contributed by atoms with E-state index >= 15 is 0 Å². The summed E-state index contributed by atoms with van der Waals surface area (Å²) in [5.41, 5.74) is 3.43. The standard InChI is InChI=1S/C23H27FN2O/c24-20-9-7-17(8-10-20)23(27)18-11-14-26(15-12-18)13-3-4-19-16-25-22-6-2-1-5-21(19)22/h1-2,5-10,16,18,23,25,27H,3-4,11-15H2. The Bertz CT molecular complexity index is 865. The summed E-state index contributed by atoms with van der Waals surface area (Å²) in [7, 11) is 0. The number of para-hydroxylation sites is 1. The number of halogens is 1. The molecule has 2 N–H and O–H groups in total. The first-order chi connectivity index (χ1) is 13.2. The Morgan fingerprint density at radius 3 is 2.59 bits per heavy atom. The predicted octanol–water partition coefficient (Wildman–Crippen LogP) is 4.69. The van der Waals surface area contributed by atoms with Gasteiger partial charge in [0.1, 0.15) is 5.82 Å². The molecule has 27 heavy (non-hydrogen) atoms. The van der Waals surface area contributed by atoms with Crippen LogP contribution in [0.4, 0.5) is 4.39 Å². The largest absolute Gasteiger partial charge is 0.388 e. The Hall–Kier alpha value is -2.17. The van der Waals surface area contributed by atoms with Crippen molar-refractivity contribution in [1.29, 1.82) is 0 Å². The highest BCUT2D eigenvalue weighted by atomic mass is 19.1. The van der Waals surface area contributed by atoms with E-state index < -0.39 is 6.10 Å². The van der Waals surface area contributed by atoms with Crippen LogP contribution in [0.15, 0.2) is 54.7 Å². The van der Waals surface area contributed by atoms with Gasteiger partial charge in [0, 0.05) is 17.1 Å². The number of rotatable bonds is 6. The monoisotopic (exact) mass is 366 g/mol. The van der Waals surface area contributed by atoms with Crippen LogP contribution >= 0.6 is 0 Å². The molecular formula is C23H27FN2O. The number of nitrogens with one attached hydrogen (secondary N) is 1. The Balaban J connectivity index is 1.24. The van der Waals surface area contributed by atoms with Gasteiger partial charge in [0.15, 0.2) is 0 Å². The predicted molar refractivity (Wildman–Crippen MR) is 107 cm³/mol. The van der Waals surface area contributed by atoms with Gasteiger partial charge in [0.2, 0.25) is 0 Å². The van der Waals surface area contributed by atoms with Crippen LogP contribution in [0.2, 0.25) is 0 Å². The van der Waals surface area contributed by atoms with Crippen LogP contribution in [0.1, 0.15) is 36.5 Å². The number of piperidine rings is 1. The molecule has 1 aromatic heterocycles. The quantitative estimate of drug-likeness (QED) is 0.665. The molecule has 1 atom stereocenters. The van der Waals surface area contributed by atoms with Crippen molar-refractivity contribution in [3.63, 3.8) is 0 Å². The normalized spacial score (nSPS) is 17.4. The number of benzene rings is 2.